The standard InChI is InChI=1S/C17H23NO2/c1-18(13-16(20)9-5-6-10-16)15(19)17(11-12-17)14-7-3-2-4-8-14/h2-4,7-8,20H,5-6,9-13H2,1H3. The normalized spacial score (nSPS) is 22.5. The fourth-order valence-electron chi connectivity index (χ4n) is 3.58. The van der Waals surface area contributed by atoms with E-state index in [0.717, 1.165) is 44.1 Å². The van der Waals surface area contributed by atoms with Gasteiger partial charge in [0.25, 0.3) is 0 Å². The largest absolute Gasteiger partial charge is 0.388 e. The monoisotopic (exact) mass is 273 g/mol. The molecule has 108 valence electrons. The molecule has 1 amide bonds. The first-order valence-electron chi connectivity index (χ1n) is 7.59. The summed E-state index contributed by atoms with van der Waals surface area (Å²) in [6.07, 6.45) is 5.65. The third-order valence-corrected chi connectivity index (χ3v) is 4.90. The van der Waals surface area contributed by atoms with Crippen molar-refractivity contribution in [3.05, 3.63) is 35.9 Å². The Hall–Kier alpha value is -1.35. The van der Waals surface area contributed by atoms with Crippen molar-refractivity contribution in [2.45, 2.75) is 49.5 Å². The zero-order valence-corrected chi connectivity index (χ0v) is 12.1. The van der Waals surface area contributed by atoms with Crippen LogP contribution in [-0.2, 0) is 10.2 Å². The summed E-state index contributed by atoms with van der Waals surface area (Å²) in [5.74, 6) is 0.170. The van der Waals surface area contributed by atoms with Crippen LogP contribution in [0.4, 0.5) is 0 Å². The van der Waals surface area contributed by atoms with E-state index >= 15 is 0 Å². The maximum atomic E-state index is 12.8. The molecule has 2 saturated carbocycles. The van der Waals surface area contributed by atoms with Gasteiger partial charge in [-0.25, -0.2) is 0 Å². The van der Waals surface area contributed by atoms with Crippen molar-refractivity contribution in [3.8, 4) is 0 Å². The molecule has 1 N–H and O–H groups in total. The molecule has 0 atom stereocenters. The van der Waals surface area contributed by atoms with Gasteiger partial charge in [0.05, 0.1) is 11.0 Å². The first kappa shape index (κ1) is 13.6. The molecule has 3 rings (SSSR count). The highest BCUT2D eigenvalue weighted by atomic mass is 16.3. The molecule has 0 bridgehead atoms. The Balaban J connectivity index is 1.72. The van der Waals surface area contributed by atoms with Crippen LogP contribution in [0.5, 0.6) is 0 Å². The van der Waals surface area contributed by atoms with Gasteiger partial charge >= 0.3 is 0 Å². The molecule has 0 aliphatic heterocycles. The van der Waals surface area contributed by atoms with Crippen molar-refractivity contribution in [1.82, 2.24) is 4.90 Å². The SMILES string of the molecule is CN(CC1(O)CCCC1)C(=O)C1(c2ccccc2)CC1. The molecule has 20 heavy (non-hydrogen) atoms. The molecule has 0 aromatic heterocycles. The maximum absolute atomic E-state index is 12.8. The molecule has 2 aliphatic rings. The Morgan fingerprint density at radius 3 is 2.30 bits per heavy atom. The molecule has 1 aromatic carbocycles. The molecule has 0 heterocycles. The minimum Gasteiger partial charge on any atom is -0.388 e. The molecule has 2 fully saturated rings. The predicted octanol–water partition coefficient (Wildman–Crippen LogP) is 2.48. The number of benzene rings is 1. The molecule has 3 nitrogen and oxygen atoms in total. The number of nitrogens with zero attached hydrogens (tertiary/aromatic N) is 1. The minimum atomic E-state index is -0.656. The van der Waals surface area contributed by atoms with Gasteiger partial charge < -0.3 is 10.0 Å². The topological polar surface area (TPSA) is 40.5 Å². The minimum absolute atomic E-state index is 0.170. The second kappa shape index (κ2) is 4.88. The summed E-state index contributed by atoms with van der Waals surface area (Å²) >= 11 is 0. The van der Waals surface area contributed by atoms with Gasteiger partial charge in [0.2, 0.25) is 5.91 Å². The molecular weight excluding hydrogens is 250 g/mol. The molecule has 1 aromatic rings. The van der Waals surface area contributed by atoms with Crippen molar-refractivity contribution in [2.75, 3.05) is 13.6 Å². The number of amides is 1. The van der Waals surface area contributed by atoms with Crippen molar-refractivity contribution < 1.29 is 9.90 Å². The fourth-order valence-corrected chi connectivity index (χ4v) is 3.58. The van der Waals surface area contributed by atoms with Crippen LogP contribution in [0.1, 0.15) is 44.1 Å². The van der Waals surface area contributed by atoms with Crippen LogP contribution in [0.15, 0.2) is 30.3 Å². The Labute approximate surface area is 120 Å². The third kappa shape index (κ3) is 2.35. The van der Waals surface area contributed by atoms with Gasteiger partial charge in [-0.1, -0.05) is 43.2 Å². The number of hydrogen-bond donors (Lipinski definition) is 1. The Bertz CT molecular complexity index is 487. The number of hydrogen-bond acceptors (Lipinski definition) is 2. The summed E-state index contributed by atoms with van der Waals surface area (Å²) in [4.78, 5) is 14.5. The molecule has 0 spiro atoms. The fraction of sp³-hybridized carbons (Fsp3) is 0.588. The van der Waals surface area contributed by atoms with E-state index in [2.05, 4.69) is 0 Å². The van der Waals surface area contributed by atoms with E-state index < -0.39 is 5.60 Å². The quantitative estimate of drug-likeness (QED) is 0.915. The number of aliphatic hydroxyl groups is 1. The number of rotatable bonds is 4. The highest BCUT2D eigenvalue weighted by Gasteiger charge is 2.53. The van der Waals surface area contributed by atoms with E-state index in [1.165, 1.54) is 0 Å². The lowest BCUT2D eigenvalue weighted by Crippen LogP contribution is -2.45. The van der Waals surface area contributed by atoms with Gasteiger partial charge in [0, 0.05) is 13.6 Å². The van der Waals surface area contributed by atoms with Crippen LogP contribution in [0.25, 0.3) is 0 Å². The molecule has 0 radical (unpaired) electrons. The lowest BCUT2D eigenvalue weighted by atomic mass is 9.93. The lowest BCUT2D eigenvalue weighted by molar-refractivity contribution is -0.135. The van der Waals surface area contributed by atoms with Gasteiger partial charge in [-0.15, -0.1) is 0 Å². The lowest BCUT2D eigenvalue weighted by Gasteiger charge is -2.31. The number of carbonyl (C=O) groups excluding carboxylic acids is 1. The van der Waals surface area contributed by atoms with Crippen LogP contribution in [0, 0.1) is 0 Å². The van der Waals surface area contributed by atoms with Crippen LogP contribution in [-0.4, -0.2) is 35.1 Å². The van der Waals surface area contributed by atoms with Crippen molar-refractivity contribution in [3.63, 3.8) is 0 Å². The summed E-state index contributed by atoms with van der Waals surface area (Å²) < 4.78 is 0. The molecular formula is C17H23NO2. The van der Waals surface area contributed by atoms with Crippen LogP contribution in [0.2, 0.25) is 0 Å². The molecule has 3 heteroatoms. The number of carbonyl (C=O) groups is 1. The van der Waals surface area contributed by atoms with E-state index in [1.807, 2.05) is 37.4 Å². The summed E-state index contributed by atoms with van der Waals surface area (Å²) in [7, 11) is 1.83. The van der Waals surface area contributed by atoms with Gasteiger partial charge in [-0.3, -0.25) is 4.79 Å². The molecule has 0 unspecified atom stereocenters. The van der Waals surface area contributed by atoms with Gasteiger partial charge in [-0.2, -0.15) is 0 Å². The summed E-state index contributed by atoms with van der Waals surface area (Å²) in [6.45, 7) is 0.473. The zero-order valence-electron chi connectivity index (χ0n) is 12.1. The highest BCUT2D eigenvalue weighted by molar-refractivity contribution is 5.91. The molecule has 2 aliphatic carbocycles. The maximum Gasteiger partial charge on any atom is 0.233 e. The zero-order chi connectivity index (χ0) is 14.2. The van der Waals surface area contributed by atoms with E-state index in [1.54, 1.807) is 4.90 Å². The van der Waals surface area contributed by atoms with Crippen LogP contribution < -0.4 is 0 Å². The van der Waals surface area contributed by atoms with Gasteiger partial charge in [-0.05, 0) is 31.2 Å². The van der Waals surface area contributed by atoms with Gasteiger partial charge in [0.1, 0.15) is 0 Å². The van der Waals surface area contributed by atoms with E-state index in [4.69, 9.17) is 0 Å². The third-order valence-electron chi connectivity index (χ3n) is 4.90. The van der Waals surface area contributed by atoms with E-state index in [9.17, 15) is 9.90 Å². The Kier molecular flexibility index (Phi) is 3.33. The van der Waals surface area contributed by atoms with Crippen LogP contribution >= 0.6 is 0 Å². The average molecular weight is 273 g/mol. The molecule has 0 saturated heterocycles. The summed E-state index contributed by atoms with van der Waals surface area (Å²) in [5, 5.41) is 10.5. The van der Waals surface area contributed by atoms with Crippen molar-refractivity contribution in [1.29, 1.82) is 0 Å². The Morgan fingerprint density at radius 1 is 1.15 bits per heavy atom. The van der Waals surface area contributed by atoms with Gasteiger partial charge in [0.15, 0.2) is 0 Å². The number of likely N-dealkylation sites (N-methyl/N-ethyl adjacent to an activating group) is 1. The van der Waals surface area contributed by atoms with Crippen molar-refractivity contribution in [2.24, 2.45) is 0 Å². The van der Waals surface area contributed by atoms with E-state index in [-0.39, 0.29) is 11.3 Å². The average Bonchev–Trinajstić information content (AvgIpc) is 3.16. The van der Waals surface area contributed by atoms with Crippen LogP contribution in [0.3, 0.4) is 0 Å². The first-order chi connectivity index (χ1) is 9.56. The first-order valence-corrected chi connectivity index (χ1v) is 7.59. The predicted molar refractivity (Wildman–Crippen MR) is 78.4 cm³/mol. The second-order valence-corrected chi connectivity index (χ2v) is 6.54. The smallest absolute Gasteiger partial charge is 0.233 e. The van der Waals surface area contributed by atoms with Crippen molar-refractivity contribution >= 4 is 5.91 Å². The Morgan fingerprint density at radius 2 is 1.75 bits per heavy atom. The highest BCUT2D eigenvalue weighted by Crippen LogP contribution is 2.49. The summed E-state index contributed by atoms with van der Waals surface area (Å²) in [6, 6.07) is 10.1. The second-order valence-electron chi connectivity index (χ2n) is 6.54. The summed E-state index contributed by atoms with van der Waals surface area (Å²) in [5.41, 5.74) is 0.151. The van der Waals surface area contributed by atoms with E-state index in [0.29, 0.717) is 6.54 Å².